The van der Waals surface area contributed by atoms with Crippen LogP contribution < -0.4 is 5.32 Å². The number of methoxy groups -OCH3 is 1. The lowest BCUT2D eigenvalue weighted by atomic mass is 9.95. The Morgan fingerprint density at radius 3 is 2.82 bits per heavy atom. The van der Waals surface area contributed by atoms with E-state index < -0.39 is 0 Å². The van der Waals surface area contributed by atoms with Crippen molar-refractivity contribution in [3.8, 4) is 0 Å². The molecule has 0 aliphatic carbocycles. The molecule has 1 aliphatic heterocycles. The Balaban J connectivity index is 2.66. The Kier molecular flexibility index (Phi) is 2.49. The van der Waals surface area contributed by atoms with Crippen LogP contribution in [0.2, 0.25) is 0 Å². The molecule has 0 unspecified atom stereocenters. The number of hydrogen-bond donors (Lipinski definition) is 1. The molecule has 3 nitrogen and oxygen atoms in total. The van der Waals surface area contributed by atoms with E-state index in [2.05, 4.69) is 5.32 Å². The molecule has 0 bridgehead atoms. The molecule has 1 fully saturated rings. The molecule has 1 N–H and O–H groups in total. The molecule has 11 heavy (non-hydrogen) atoms. The van der Waals surface area contributed by atoms with Crippen LogP contribution >= 0.6 is 0 Å². The first-order valence-corrected chi connectivity index (χ1v) is 4.08. The van der Waals surface area contributed by atoms with E-state index in [0.29, 0.717) is 0 Å². The van der Waals surface area contributed by atoms with Gasteiger partial charge in [0.2, 0.25) is 0 Å². The van der Waals surface area contributed by atoms with Gasteiger partial charge in [-0.1, -0.05) is 6.92 Å². The Morgan fingerprint density at radius 2 is 2.45 bits per heavy atom. The third-order valence-electron chi connectivity index (χ3n) is 2.42. The van der Waals surface area contributed by atoms with Crippen molar-refractivity contribution in [2.24, 2.45) is 0 Å². The molecule has 1 atom stereocenters. The van der Waals surface area contributed by atoms with E-state index in [-0.39, 0.29) is 11.5 Å². The van der Waals surface area contributed by atoms with E-state index in [1.54, 1.807) is 0 Å². The van der Waals surface area contributed by atoms with Crippen LogP contribution in [0.1, 0.15) is 26.2 Å². The lowest BCUT2D eigenvalue weighted by molar-refractivity contribution is -0.148. The van der Waals surface area contributed by atoms with Crippen molar-refractivity contribution in [3.63, 3.8) is 0 Å². The van der Waals surface area contributed by atoms with Gasteiger partial charge >= 0.3 is 5.97 Å². The van der Waals surface area contributed by atoms with Crippen LogP contribution in [0, 0.1) is 0 Å². The first-order chi connectivity index (χ1) is 5.25. The van der Waals surface area contributed by atoms with Crippen molar-refractivity contribution < 1.29 is 9.53 Å². The molecule has 0 saturated carbocycles. The molecule has 1 heterocycles. The monoisotopic (exact) mass is 157 g/mol. The summed E-state index contributed by atoms with van der Waals surface area (Å²) in [4.78, 5) is 11.3. The van der Waals surface area contributed by atoms with E-state index >= 15 is 0 Å². The average Bonchev–Trinajstić information content (AvgIpc) is 2.52. The molecular weight excluding hydrogens is 142 g/mol. The molecule has 0 aromatic carbocycles. The number of nitrogens with one attached hydrogen (secondary N) is 1. The maximum absolute atomic E-state index is 11.3. The zero-order chi connectivity index (χ0) is 8.32. The predicted octanol–water partition coefficient (Wildman–Crippen LogP) is 0.692. The van der Waals surface area contributed by atoms with Crippen LogP contribution in [0.15, 0.2) is 0 Å². The SMILES string of the molecule is CC[C@]1(C(=O)OC)CCCN1. The Labute approximate surface area is 67.1 Å². The van der Waals surface area contributed by atoms with Crippen LogP contribution in [0.5, 0.6) is 0 Å². The molecule has 64 valence electrons. The highest BCUT2D eigenvalue weighted by Crippen LogP contribution is 2.23. The van der Waals surface area contributed by atoms with Crippen molar-refractivity contribution >= 4 is 5.97 Å². The van der Waals surface area contributed by atoms with Crippen LogP contribution in [0.25, 0.3) is 0 Å². The highest BCUT2D eigenvalue weighted by molar-refractivity contribution is 5.81. The summed E-state index contributed by atoms with van der Waals surface area (Å²) in [5, 5.41) is 3.20. The predicted molar refractivity (Wildman–Crippen MR) is 42.3 cm³/mol. The standard InChI is InChI=1S/C8H15NO2/c1-3-8(7(10)11-2)5-4-6-9-8/h9H,3-6H2,1-2H3/t8-/m1/s1. The maximum Gasteiger partial charge on any atom is 0.326 e. The van der Waals surface area contributed by atoms with Gasteiger partial charge in [0.25, 0.3) is 0 Å². The normalized spacial score (nSPS) is 30.4. The van der Waals surface area contributed by atoms with Crippen molar-refractivity contribution in [1.29, 1.82) is 0 Å². The van der Waals surface area contributed by atoms with E-state index in [9.17, 15) is 4.79 Å². The fraction of sp³-hybridized carbons (Fsp3) is 0.875. The van der Waals surface area contributed by atoms with Gasteiger partial charge in [0, 0.05) is 0 Å². The number of rotatable bonds is 2. The third-order valence-corrected chi connectivity index (χ3v) is 2.42. The number of carbonyl (C=O) groups is 1. The molecule has 0 radical (unpaired) electrons. The Bertz CT molecular complexity index is 150. The van der Waals surface area contributed by atoms with Gasteiger partial charge in [-0.05, 0) is 25.8 Å². The zero-order valence-corrected chi connectivity index (χ0v) is 7.14. The number of carbonyl (C=O) groups excluding carboxylic acids is 1. The second-order valence-electron chi connectivity index (χ2n) is 2.96. The summed E-state index contributed by atoms with van der Waals surface area (Å²) in [7, 11) is 1.44. The number of esters is 1. The van der Waals surface area contributed by atoms with Crippen LogP contribution in [-0.4, -0.2) is 25.2 Å². The van der Waals surface area contributed by atoms with Gasteiger partial charge in [0.1, 0.15) is 5.54 Å². The minimum atomic E-state index is -0.366. The summed E-state index contributed by atoms with van der Waals surface area (Å²) in [6.07, 6.45) is 2.80. The zero-order valence-electron chi connectivity index (χ0n) is 7.14. The van der Waals surface area contributed by atoms with E-state index in [0.717, 1.165) is 25.8 Å². The molecule has 0 aromatic heterocycles. The molecule has 0 aromatic rings. The summed E-state index contributed by atoms with van der Waals surface area (Å²) in [6, 6.07) is 0. The highest BCUT2D eigenvalue weighted by atomic mass is 16.5. The second kappa shape index (κ2) is 3.22. The van der Waals surface area contributed by atoms with Crippen LogP contribution in [0.3, 0.4) is 0 Å². The van der Waals surface area contributed by atoms with Gasteiger partial charge in [0.05, 0.1) is 7.11 Å². The van der Waals surface area contributed by atoms with Gasteiger partial charge in [0.15, 0.2) is 0 Å². The summed E-state index contributed by atoms with van der Waals surface area (Å²) in [6.45, 7) is 2.94. The fourth-order valence-corrected chi connectivity index (χ4v) is 1.62. The van der Waals surface area contributed by atoms with Gasteiger partial charge in [-0.25, -0.2) is 0 Å². The van der Waals surface area contributed by atoms with E-state index in [1.807, 2.05) is 6.92 Å². The second-order valence-corrected chi connectivity index (χ2v) is 2.96. The first kappa shape index (κ1) is 8.53. The minimum absolute atomic E-state index is 0.113. The average molecular weight is 157 g/mol. The molecule has 1 aliphatic rings. The van der Waals surface area contributed by atoms with Crippen molar-refractivity contribution in [1.82, 2.24) is 5.32 Å². The molecular formula is C8H15NO2. The summed E-state index contributed by atoms with van der Waals surface area (Å²) >= 11 is 0. The van der Waals surface area contributed by atoms with Gasteiger partial charge < -0.3 is 10.1 Å². The van der Waals surface area contributed by atoms with Crippen molar-refractivity contribution in [2.45, 2.75) is 31.7 Å². The summed E-state index contributed by atoms with van der Waals surface area (Å²) in [5.74, 6) is -0.113. The van der Waals surface area contributed by atoms with Gasteiger partial charge in [-0.3, -0.25) is 4.79 Å². The molecule has 1 saturated heterocycles. The number of ether oxygens (including phenoxy) is 1. The number of hydrogen-bond acceptors (Lipinski definition) is 3. The third kappa shape index (κ3) is 1.38. The van der Waals surface area contributed by atoms with Gasteiger partial charge in [-0.2, -0.15) is 0 Å². The first-order valence-electron chi connectivity index (χ1n) is 4.08. The largest absolute Gasteiger partial charge is 0.468 e. The van der Waals surface area contributed by atoms with E-state index in [1.165, 1.54) is 7.11 Å². The summed E-state index contributed by atoms with van der Waals surface area (Å²) < 4.78 is 4.73. The molecule has 3 heteroatoms. The molecule has 1 rings (SSSR count). The van der Waals surface area contributed by atoms with E-state index in [4.69, 9.17) is 4.74 Å². The maximum atomic E-state index is 11.3. The summed E-state index contributed by atoms with van der Waals surface area (Å²) in [5.41, 5.74) is -0.366. The van der Waals surface area contributed by atoms with Crippen LogP contribution in [0.4, 0.5) is 0 Å². The lowest BCUT2D eigenvalue weighted by Crippen LogP contribution is -2.47. The topological polar surface area (TPSA) is 38.3 Å². The van der Waals surface area contributed by atoms with Crippen molar-refractivity contribution in [3.05, 3.63) is 0 Å². The van der Waals surface area contributed by atoms with Crippen LogP contribution in [-0.2, 0) is 9.53 Å². The fourth-order valence-electron chi connectivity index (χ4n) is 1.62. The molecule has 0 amide bonds. The van der Waals surface area contributed by atoms with Gasteiger partial charge in [-0.15, -0.1) is 0 Å². The Hall–Kier alpha value is -0.570. The highest BCUT2D eigenvalue weighted by Gasteiger charge is 2.39. The quantitative estimate of drug-likeness (QED) is 0.599. The minimum Gasteiger partial charge on any atom is -0.468 e. The lowest BCUT2D eigenvalue weighted by Gasteiger charge is -2.24. The Morgan fingerprint density at radius 1 is 1.73 bits per heavy atom. The smallest absolute Gasteiger partial charge is 0.326 e. The molecule has 0 spiro atoms. The van der Waals surface area contributed by atoms with Crippen molar-refractivity contribution in [2.75, 3.05) is 13.7 Å².